The van der Waals surface area contributed by atoms with Crippen LogP contribution in [0.25, 0.3) is 0 Å². The Kier molecular flexibility index (Phi) is 11.1. The molecular weight excluding hydrogens is 352 g/mol. The van der Waals surface area contributed by atoms with E-state index < -0.39 is 23.9 Å². The van der Waals surface area contributed by atoms with Crippen LogP contribution in [0.3, 0.4) is 0 Å². The summed E-state index contributed by atoms with van der Waals surface area (Å²) in [5.74, 6) is -2.88. The van der Waals surface area contributed by atoms with Gasteiger partial charge in [0.05, 0.1) is 26.4 Å². The zero-order valence-electron chi connectivity index (χ0n) is 14.0. The molecule has 0 N–H and O–H groups in total. The Labute approximate surface area is 149 Å². The lowest BCUT2D eigenvalue weighted by atomic mass is 10.5. The van der Waals surface area contributed by atoms with E-state index in [1.807, 2.05) is 0 Å². The fraction of sp³-hybridized carbons (Fsp3) is 0.500. The molecule has 0 fully saturated rings. The number of esters is 4. The van der Waals surface area contributed by atoms with Crippen molar-refractivity contribution in [1.82, 2.24) is 0 Å². The molecule has 10 nitrogen and oxygen atoms in total. The predicted molar refractivity (Wildman–Crippen MR) is 83.8 cm³/mol. The lowest BCUT2D eigenvalue weighted by Crippen LogP contribution is -2.15. The third kappa shape index (κ3) is 11.8. The predicted octanol–water partition coefficient (Wildman–Crippen LogP) is -0.682. The summed E-state index contributed by atoms with van der Waals surface area (Å²) in [6.07, 6.45) is 3.73. The molecule has 1 aliphatic heterocycles. The molecule has 0 radical (unpaired) electrons. The largest absolute Gasteiger partial charge is 0.460 e. The van der Waals surface area contributed by atoms with E-state index in [1.54, 1.807) is 0 Å². The zero-order valence-corrected chi connectivity index (χ0v) is 14.0. The number of carbonyl (C=O) groups is 4. The van der Waals surface area contributed by atoms with Crippen molar-refractivity contribution in [2.45, 2.75) is 0 Å². The summed E-state index contributed by atoms with van der Waals surface area (Å²) >= 11 is 0. The molecule has 0 aliphatic carbocycles. The lowest BCUT2D eigenvalue weighted by Gasteiger charge is -2.06. The van der Waals surface area contributed by atoms with E-state index in [-0.39, 0.29) is 52.9 Å². The van der Waals surface area contributed by atoms with E-state index in [2.05, 4.69) is 0 Å². The molecule has 0 saturated carbocycles. The average molecular weight is 372 g/mol. The van der Waals surface area contributed by atoms with Gasteiger partial charge >= 0.3 is 23.9 Å². The van der Waals surface area contributed by atoms with Crippen LogP contribution in [0.1, 0.15) is 0 Å². The highest BCUT2D eigenvalue weighted by Gasteiger charge is 2.04. The Bertz CT molecular complexity index is 445. The molecule has 1 rings (SSSR count). The average Bonchev–Trinajstić information content (AvgIpc) is 2.62. The fourth-order valence-electron chi connectivity index (χ4n) is 1.47. The molecule has 0 unspecified atom stereocenters. The molecule has 10 heteroatoms. The lowest BCUT2D eigenvalue weighted by molar-refractivity contribution is -0.144. The Morgan fingerprint density at radius 1 is 0.423 bits per heavy atom. The molecule has 0 amide bonds. The number of hydrogen-bond donors (Lipinski definition) is 0. The second-order valence-corrected chi connectivity index (χ2v) is 4.56. The van der Waals surface area contributed by atoms with Crippen LogP contribution in [0.15, 0.2) is 24.3 Å². The van der Waals surface area contributed by atoms with Crippen molar-refractivity contribution < 1.29 is 47.6 Å². The maximum absolute atomic E-state index is 11.3. The van der Waals surface area contributed by atoms with Crippen LogP contribution in [-0.2, 0) is 47.6 Å². The molecule has 26 heavy (non-hydrogen) atoms. The van der Waals surface area contributed by atoms with Crippen LogP contribution in [0, 0.1) is 0 Å². The molecule has 0 spiro atoms. The van der Waals surface area contributed by atoms with Crippen molar-refractivity contribution in [3.05, 3.63) is 24.3 Å². The van der Waals surface area contributed by atoms with Gasteiger partial charge in [0.1, 0.15) is 26.4 Å². The highest BCUT2D eigenvalue weighted by molar-refractivity contribution is 5.92. The van der Waals surface area contributed by atoms with Crippen LogP contribution in [0.5, 0.6) is 0 Å². The maximum atomic E-state index is 11.3. The first kappa shape index (κ1) is 21.3. The van der Waals surface area contributed by atoms with Crippen LogP contribution < -0.4 is 0 Å². The topological polar surface area (TPSA) is 124 Å². The summed E-state index contributed by atoms with van der Waals surface area (Å²) in [5.41, 5.74) is 0. The normalized spacial score (nSPS) is 20.0. The summed E-state index contributed by atoms with van der Waals surface area (Å²) < 4.78 is 29.3. The van der Waals surface area contributed by atoms with Crippen molar-refractivity contribution in [3.63, 3.8) is 0 Å². The smallest absolute Gasteiger partial charge is 0.331 e. The van der Waals surface area contributed by atoms with Crippen molar-refractivity contribution in [3.8, 4) is 0 Å². The third-order valence-electron chi connectivity index (χ3n) is 2.60. The summed E-state index contributed by atoms with van der Waals surface area (Å²) in [5, 5.41) is 0. The molecule has 144 valence electrons. The molecule has 0 aromatic carbocycles. The Hall–Kier alpha value is -2.72. The SMILES string of the molecule is O=C1C=CC(=O)OCCOCCOC(=O)C=CC(=O)OCCOCCO1. The molecule has 0 saturated heterocycles. The van der Waals surface area contributed by atoms with Crippen LogP contribution >= 0.6 is 0 Å². The number of cyclic esters (lactones) is 4. The van der Waals surface area contributed by atoms with Crippen LogP contribution in [0.2, 0.25) is 0 Å². The number of carbonyl (C=O) groups excluding carboxylic acids is 4. The van der Waals surface area contributed by atoms with Crippen LogP contribution in [0.4, 0.5) is 0 Å². The third-order valence-corrected chi connectivity index (χ3v) is 2.60. The van der Waals surface area contributed by atoms with Crippen molar-refractivity contribution in [1.29, 1.82) is 0 Å². The molecule has 1 heterocycles. The Morgan fingerprint density at radius 3 is 0.885 bits per heavy atom. The molecular formula is C16H20O10. The van der Waals surface area contributed by atoms with E-state index >= 15 is 0 Å². The summed E-state index contributed by atoms with van der Waals surface area (Å²) in [4.78, 5) is 45.3. The Balaban J connectivity index is 2.43. The van der Waals surface area contributed by atoms with Crippen molar-refractivity contribution in [2.24, 2.45) is 0 Å². The summed E-state index contributed by atoms with van der Waals surface area (Å²) in [7, 11) is 0. The fourth-order valence-corrected chi connectivity index (χ4v) is 1.47. The summed E-state index contributed by atoms with van der Waals surface area (Å²) in [6, 6.07) is 0. The van der Waals surface area contributed by atoms with E-state index in [0.717, 1.165) is 24.3 Å². The standard InChI is InChI=1S/C16H20O10/c17-13-1-2-14(18)24-10-6-22-8-12-26-16(20)4-3-15(19)25-11-7-21-5-9-23-13/h1-4H,5-12H2. The van der Waals surface area contributed by atoms with Crippen LogP contribution in [-0.4, -0.2) is 76.7 Å². The van der Waals surface area contributed by atoms with Gasteiger partial charge in [-0.2, -0.15) is 0 Å². The van der Waals surface area contributed by atoms with Gasteiger partial charge in [-0.15, -0.1) is 0 Å². The number of rotatable bonds is 0. The first-order chi connectivity index (χ1) is 12.6. The molecule has 0 atom stereocenters. The highest BCUT2D eigenvalue weighted by atomic mass is 16.6. The minimum atomic E-state index is -0.720. The van der Waals surface area contributed by atoms with Gasteiger partial charge in [0.2, 0.25) is 0 Å². The second-order valence-electron chi connectivity index (χ2n) is 4.56. The zero-order chi connectivity index (χ0) is 19.0. The van der Waals surface area contributed by atoms with E-state index in [9.17, 15) is 19.2 Å². The maximum Gasteiger partial charge on any atom is 0.331 e. The first-order valence-electron chi connectivity index (χ1n) is 7.76. The second kappa shape index (κ2) is 13.6. The van der Waals surface area contributed by atoms with Crippen molar-refractivity contribution in [2.75, 3.05) is 52.9 Å². The van der Waals surface area contributed by atoms with Gasteiger partial charge in [-0.1, -0.05) is 0 Å². The monoisotopic (exact) mass is 372 g/mol. The van der Waals surface area contributed by atoms with Gasteiger partial charge in [0, 0.05) is 24.3 Å². The molecule has 0 bridgehead atoms. The minimum Gasteiger partial charge on any atom is -0.460 e. The molecule has 0 aromatic rings. The van der Waals surface area contributed by atoms with Gasteiger partial charge in [-0.25, -0.2) is 19.2 Å². The van der Waals surface area contributed by atoms with Gasteiger partial charge in [0.15, 0.2) is 0 Å². The highest BCUT2D eigenvalue weighted by Crippen LogP contribution is 1.90. The first-order valence-corrected chi connectivity index (χ1v) is 7.76. The van der Waals surface area contributed by atoms with Gasteiger partial charge < -0.3 is 28.4 Å². The van der Waals surface area contributed by atoms with Crippen molar-refractivity contribution >= 4 is 23.9 Å². The van der Waals surface area contributed by atoms with E-state index in [4.69, 9.17) is 28.4 Å². The summed E-state index contributed by atoms with van der Waals surface area (Å²) in [6.45, 7) is 0.194. The number of hydrogen-bond acceptors (Lipinski definition) is 10. The molecule has 0 aromatic heterocycles. The van der Waals surface area contributed by atoms with Gasteiger partial charge in [-0.3, -0.25) is 0 Å². The number of ether oxygens (including phenoxy) is 6. The molecule has 1 aliphatic rings. The minimum absolute atomic E-state index is 0.0360. The Morgan fingerprint density at radius 2 is 0.654 bits per heavy atom. The van der Waals surface area contributed by atoms with E-state index in [1.165, 1.54) is 0 Å². The quantitative estimate of drug-likeness (QED) is 0.399. The van der Waals surface area contributed by atoms with E-state index in [0.29, 0.717) is 0 Å². The van der Waals surface area contributed by atoms with Gasteiger partial charge in [-0.05, 0) is 0 Å². The van der Waals surface area contributed by atoms with Gasteiger partial charge in [0.25, 0.3) is 0 Å².